The molecule has 0 amide bonds. The molecule has 21 heavy (non-hydrogen) atoms. The first-order valence-electron chi connectivity index (χ1n) is 6.89. The maximum Gasteiger partial charge on any atom is 0.242 e. The van der Waals surface area contributed by atoms with Crippen molar-refractivity contribution in [2.24, 2.45) is 0 Å². The van der Waals surface area contributed by atoms with Gasteiger partial charge in [-0.15, -0.1) is 0 Å². The van der Waals surface area contributed by atoms with Gasteiger partial charge in [0.15, 0.2) is 0 Å². The van der Waals surface area contributed by atoms with E-state index in [1.54, 1.807) is 11.8 Å². The Balaban J connectivity index is 2.56. The first kappa shape index (κ1) is 18.5. The number of hydrogen-bond donors (Lipinski definition) is 2. The van der Waals surface area contributed by atoms with E-state index in [2.05, 4.69) is 21.3 Å². The third-order valence-electron chi connectivity index (χ3n) is 2.79. The number of sulfonamides is 1. The van der Waals surface area contributed by atoms with E-state index in [-0.39, 0.29) is 4.90 Å². The Bertz CT molecular complexity index is 538. The van der Waals surface area contributed by atoms with Gasteiger partial charge in [0.1, 0.15) is 10.7 Å². The monoisotopic (exact) mass is 351 g/mol. The van der Waals surface area contributed by atoms with Crippen LogP contribution in [0.1, 0.15) is 26.2 Å². The number of thioether (sulfide) groups is 1. The van der Waals surface area contributed by atoms with Crippen LogP contribution < -0.4 is 10.0 Å². The average Bonchev–Trinajstić information content (AvgIpc) is 2.45. The van der Waals surface area contributed by atoms with E-state index in [1.807, 2.05) is 6.92 Å². The second kappa shape index (κ2) is 9.50. The lowest BCUT2D eigenvalue weighted by Crippen LogP contribution is -2.25. The summed E-state index contributed by atoms with van der Waals surface area (Å²) in [6.45, 7) is 3.03. The molecule has 0 aromatic carbocycles. The minimum atomic E-state index is -3.54. The number of anilines is 1. The summed E-state index contributed by atoms with van der Waals surface area (Å²) < 4.78 is 26.8. The van der Waals surface area contributed by atoms with Crippen molar-refractivity contribution >= 4 is 39.2 Å². The maximum atomic E-state index is 12.1. The summed E-state index contributed by atoms with van der Waals surface area (Å²) in [6.07, 6.45) is 6.34. The lowest BCUT2D eigenvalue weighted by Gasteiger charge is -2.09. The third kappa shape index (κ3) is 6.42. The van der Waals surface area contributed by atoms with Gasteiger partial charge in [-0.2, -0.15) is 11.8 Å². The van der Waals surface area contributed by atoms with Gasteiger partial charge in [-0.3, -0.25) is 0 Å². The van der Waals surface area contributed by atoms with Crippen LogP contribution in [-0.4, -0.2) is 38.5 Å². The zero-order valence-electron chi connectivity index (χ0n) is 12.4. The van der Waals surface area contributed by atoms with Crippen LogP contribution in [0, 0.1) is 0 Å². The molecule has 120 valence electrons. The predicted octanol–water partition coefficient (Wildman–Crippen LogP) is 2.98. The molecule has 0 aliphatic carbocycles. The molecule has 0 fully saturated rings. The lowest BCUT2D eigenvalue weighted by atomic mass is 10.2. The van der Waals surface area contributed by atoms with Crippen LogP contribution >= 0.6 is 23.4 Å². The van der Waals surface area contributed by atoms with Crippen LogP contribution in [0.15, 0.2) is 17.2 Å². The molecule has 1 heterocycles. The molecule has 0 bridgehead atoms. The van der Waals surface area contributed by atoms with Crippen molar-refractivity contribution < 1.29 is 8.42 Å². The summed E-state index contributed by atoms with van der Waals surface area (Å²) in [5.74, 6) is 1.60. The van der Waals surface area contributed by atoms with Crippen molar-refractivity contribution in [3.05, 3.63) is 17.3 Å². The predicted molar refractivity (Wildman–Crippen MR) is 90.8 cm³/mol. The molecule has 2 N–H and O–H groups in total. The van der Waals surface area contributed by atoms with Gasteiger partial charge >= 0.3 is 0 Å². The molecule has 0 saturated carbocycles. The number of halogens is 1. The van der Waals surface area contributed by atoms with Crippen LogP contribution in [0.4, 0.5) is 5.82 Å². The molecule has 0 saturated heterocycles. The second-order valence-electron chi connectivity index (χ2n) is 4.48. The number of pyridine rings is 1. The third-order valence-corrected chi connectivity index (χ3v) is 5.20. The van der Waals surface area contributed by atoms with E-state index < -0.39 is 10.0 Å². The number of unbranched alkanes of at least 4 members (excludes halogenated alkanes) is 2. The Morgan fingerprint density at radius 2 is 2.10 bits per heavy atom. The number of nitrogens with one attached hydrogen (secondary N) is 2. The number of hydrogen-bond acceptors (Lipinski definition) is 5. The Hall–Kier alpha value is -0.500. The largest absolute Gasteiger partial charge is 0.369 e. The number of rotatable bonds is 10. The van der Waals surface area contributed by atoms with E-state index in [0.717, 1.165) is 25.0 Å². The van der Waals surface area contributed by atoms with Gasteiger partial charge in [0, 0.05) is 19.3 Å². The number of aromatic nitrogens is 1. The molecule has 0 aliphatic rings. The van der Waals surface area contributed by atoms with E-state index in [9.17, 15) is 8.42 Å². The Morgan fingerprint density at radius 1 is 1.33 bits per heavy atom. The zero-order valence-corrected chi connectivity index (χ0v) is 14.7. The van der Waals surface area contributed by atoms with E-state index in [1.165, 1.54) is 12.3 Å². The van der Waals surface area contributed by atoms with Crippen molar-refractivity contribution in [1.29, 1.82) is 0 Å². The van der Waals surface area contributed by atoms with Crippen molar-refractivity contribution in [2.75, 3.05) is 30.4 Å². The van der Waals surface area contributed by atoms with Crippen molar-refractivity contribution in [1.82, 2.24) is 9.71 Å². The molecule has 1 aromatic rings. The van der Waals surface area contributed by atoms with Gasteiger partial charge in [0.2, 0.25) is 10.0 Å². The highest BCUT2D eigenvalue weighted by Crippen LogP contribution is 2.22. The van der Waals surface area contributed by atoms with Crippen molar-refractivity contribution in [3.8, 4) is 0 Å². The van der Waals surface area contributed by atoms with Gasteiger partial charge in [-0.1, -0.05) is 18.0 Å². The summed E-state index contributed by atoms with van der Waals surface area (Å²) in [6, 6.07) is 1.42. The molecule has 1 aromatic heterocycles. The van der Waals surface area contributed by atoms with E-state index in [4.69, 9.17) is 11.6 Å². The fourth-order valence-corrected chi connectivity index (χ4v) is 3.54. The Kier molecular flexibility index (Phi) is 8.39. The maximum absolute atomic E-state index is 12.1. The van der Waals surface area contributed by atoms with Crippen LogP contribution in [0.5, 0.6) is 0 Å². The molecule has 1 rings (SSSR count). The molecule has 0 atom stereocenters. The SMILES string of the molecule is CCNc1ncc(S(=O)(=O)NCCCCCSC)cc1Cl. The Morgan fingerprint density at radius 3 is 2.71 bits per heavy atom. The molecular weight excluding hydrogens is 330 g/mol. The van der Waals surface area contributed by atoms with E-state index in [0.29, 0.717) is 23.9 Å². The van der Waals surface area contributed by atoms with Gasteiger partial charge in [-0.05, 0) is 37.8 Å². The Labute approximate surface area is 136 Å². The summed E-state index contributed by atoms with van der Waals surface area (Å²) in [5.41, 5.74) is 0. The van der Waals surface area contributed by atoms with Gasteiger partial charge in [0.05, 0.1) is 5.02 Å². The fourth-order valence-electron chi connectivity index (χ4n) is 1.70. The molecular formula is C13H22ClN3O2S2. The van der Waals surface area contributed by atoms with Gasteiger partial charge in [-0.25, -0.2) is 18.1 Å². The second-order valence-corrected chi connectivity index (χ2v) is 7.64. The molecule has 0 aliphatic heterocycles. The zero-order chi connectivity index (χ0) is 15.7. The van der Waals surface area contributed by atoms with E-state index >= 15 is 0 Å². The molecule has 0 spiro atoms. The highest BCUT2D eigenvalue weighted by Gasteiger charge is 2.15. The fraction of sp³-hybridized carbons (Fsp3) is 0.615. The van der Waals surface area contributed by atoms with Crippen LogP contribution in [0.3, 0.4) is 0 Å². The molecule has 8 heteroatoms. The minimum absolute atomic E-state index is 0.0956. The topological polar surface area (TPSA) is 71.1 Å². The van der Waals surface area contributed by atoms with Crippen LogP contribution in [-0.2, 0) is 10.0 Å². The summed E-state index contributed by atoms with van der Waals surface area (Å²) in [4.78, 5) is 4.13. The van der Waals surface area contributed by atoms with Gasteiger partial charge in [0.25, 0.3) is 0 Å². The van der Waals surface area contributed by atoms with Crippen LogP contribution in [0.2, 0.25) is 5.02 Å². The van der Waals surface area contributed by atoms with Crippen molar-refractivity contribution in [3.63, 3.8) is 0 Å². The normalized spacial score (nSPS) is 11.6. The first-order valence-corrected chi connectivity index (χ1v) is 10.1. The average molecular weight is 352 g/mol. The lowest BCUT2D eigenvalue weighted by molar-refractivity contribution is 0.576. The molecule has 0 unspecified atom stereocenters. The van der Waals surface area contributed by atoms with Gasteiger partial charge < -0.3 is 5.32 Å². The van der Waals surface area contributed by atoms with Crippen molar-refractivity contribution in [2.45, 2.75) is 31.1 Å². The highest BCUT2D eigenvalue weighted by molar-refractivity contribution is 7.98. The summed E-state index contributed by atoms with van der Waals surface area (Å²) >= 11 is 7.81. The highest BCUT2D eigenvalue weighted by atomic mass is 35.5. The first-order chi connectivity index (χ1) is 10.0. The van der Waals surface area contributed by atoms with Crippen LogP contribution in [0.25, 0.3) is 0 Å². The quantitative estimate of drug-likeness (QED) is 0.634. The molecule has 5 nitrogen and oxygen atoms in total. The summed E-state index contributed by atoms with van der Waals surface area (Å²) in [5, 5.41) is 3.27. The minimum Gasteiger partial charge on any atom is -0.369 e. The summed E-state index contributed by atoms with van der Waals surface area (Å²) in [7, 11) is -3.54. The smallest absolute Gasteiger partial charge is 0.242 e. The number of nitrogens with zero attached hydrogens (tertiary/aromatic N) is 1. The molecule has 0 radical (unpaired) electrons. The standard InChI is InChI=1S/C13H22ClN3O2S2/c1-3-15-13-12(14)9-11(10-16-13)21(18,19)17-7-5-4-6-8-20-2/h9-10,17H,3-8H2,1-2H3,(H,15,16).